The Morgan fingerprint density at radius 2 is 2.09 bits per heavy atom. The van der Waals surface area contributed by atoms with Crippen molar-refractivity contribution in [2.75, 3.05) is 0 Å². The summed E-state index contributed by atoms with van der Waals surface area (Å²) < 4.78 is 5.74. The molecule has 1 aliphatic carbocycles. The fraction of sp³-hybridized carbons (Fsp3) is 0.235. The minimum Gasteiger partial charge on any atom is -0.481 e. The minimum atomic E-state index is -1.82. The monoisotopic (exact) mass is 313 g/mol. The van der Waals surface area contributed by atoms with Gasteiger partial charge in [-0.1, -0.05) is 48.6 Å². The molecule has 1 aromatic rings. The van der Waals surface area contributed by atoms with Crippen molar-refractivity contribution in [2.45, 2.75) is 24.5 Å². The van der Waals surface area contributed by atoms with E-state index in [1.807, 2.05) is 12.1 Å². The fourth-order valence-electron chi connectivity index (χ4n) is 2.96. The van der Waals surface area contributed by atoms with Gasteiger partial charge in [0.2, 0.25) is 0 Å². The number of carboxylic acids is 1. The molecule has 0 radical (unpaired) electrons. The molecule has 6 heteroatoms. The van der Waals surface area contributed by atoms with E-state index in [1.165, 1.54) is 0 Å². The first-order valence-electron chi connectivity index (χ1n) is 7.24. The Balaban J connectivity index is 2.10. The van der Waals surface area contributed by atoms with Crippen LogP contribution in [0.4, 0.5) is 0 Å². The lowest BCUT2D eigenvalue weighted by molar-refractivity contribution is -0.630. The van der Waals surface area contributed by atoms with E-state index in [0.717, 1.165) is 11.1 Å². The number of nitro groups is 1. The lowest BCUT2D eigenvalue weighted by Gasteiger charge is -2.35. The smallest absolute Gasteiger partial charge is 0.373 e. The molecule has 2 aliphatic rings. The molecule has 6 nitrogen and oxygen atoms in total. The van der Waals surface area contributed by atoms with Crippen LogP contribution in [0.2, 0.25) is 0 Å². The fourth-order valence-corrected chi connectivity index (χ4v) is 2.96. The van der Waals surface area contributed by atoms with E-state index in [9.17, 15) is 14.9 Å². The number of hydrogen-bond acceptors (Lipinski definition) is 4. The number of ether oxygens (including phenoxy) is 1. The number of hydrogen-bond donors (Lipinski definition) is 1. The van der Waals surface area contributed by atoms with E-state index in [0.29, 0.717) is 5.76 Å². The number of nitrogens with zero attached hydrogens (tertiary/aromatic N) is 1. The molecule has 0 aromatic heterocycles. The third-order valence-electron chi connectivity index (χ3n) is 4.09. The van der Waals surface area contributed by atoms with Crippen LogP contribution in [-0.2, 0) is 9.53 Å². The standard InChI is InChI=1S/C17H15NO5/c19-16(20)9-10-17(18(21)22)14(12-5-2-1-3-6-12)11-13-7-4-8-15(13)23-17/h1-8,11,14H,9-10H2,(H,19,20). The van der Waals surface area contributed by atoms with Crippen molar-refractivity contribution in [1.82, 2.24) is 0 Å². The van der Waals surface area contributed by atoms with Gasteiger partial charge >= 0.3 is 11.7 Å². The van der Waals surface area contributed by atoms with Crippen molar-refractivity contribution in [2.24, 2.45) is 0 Å². The van der Waals surface area contributed by atoms with Gasteiger partial charge in [-0.15, -0.1) is 0 Å². The predicted octanol–water partition coefficient (Wildman–Crippen LogP) is 3.02. The number of allylic oxidation sites excluding steroid dienone is 3. The number of fused-ring (bicyclic) bond motifs is 1. The third-order valence-corrected chi connectivity index (χ3v) is 4.09. The summed E-state index contributed by atoms with van der Waals surface area (Å²) >= 11 is 0. The SMILES string of the molecule is O=C(O)CCC1([N+](=O)[O-])OC2=CC=CC2=CC1c1ccccc1. The highest BCUT2D eigenvalue weighted by Crippen LogP contribution is 2.45. The van der Waals surface area contributed by atoms with Crippen LogP contribution in [0, 0.1) is 10.1 Å². The number of benzene rings is 1. The Morgan fingerprint density at radius 3 is 2.74 bits per heavy atom. The molecule has 1 heterocycles. The summed E-state index contributed by atoms with van der Waals surface area (Å²) in [5, 5.41) is 20.8. The van der Waals surface area contributed by atoms with Gasteiger partial charge in [-0.05, 0) is 11.6 Å². The van der Waals surface area contributed by atoms with Crippen molar-refractivity contribution < 1.29 is 19.6 Å². The Labute approximate surface area is 132 Å². The van der Waals surface area contributed by atoms with E-state index in [4.69, 9.17) is 9.84 Å². The van der Waals surface area contributed by atoms with Crippen LogP contribution in [0.25, 0.3) is 0 Å². The summed E-state index contributed by atoms with van der Waals surface area (Å²) in [7, 11) is 0. The topological polar surface area (TPSA) is 89.7 Å². The van der Waals surface area contributed by atoms with Crippen molar-refractivity contribution in [3.05, 3.63) is 81.6 Å². The van der Waals surface area contributed by atoms with Crippen LogP contribution in [0.3, 0.4) is 0 Å². The molecule has 0 saturated carbocycles. The Hall–Kier alpha value is -2.89. The third kappa shape index (κ3) is 2.63. The van der Waals surface area contributed by atoms with Crippen LogP contribution in [-0.4, -0.2) is 21.7 Å². The summed E-state index contributed by atoms with van der Waals surface area (Å²) in [6, 6.07) is 9.00. The summed E-state index contributed by atoms with van der Waals surface area (Å²) in [5.41, 5.74) is -0.311. The largest absolute Gasteiger partial charge is 0.481 e. The van der Waals surface area contributed by atoms with E-state index in [-0.39, 0.29) is 12.8 Å². The molecule has 118 valence electrons. The average molecular weight is 313 g/mol. The molecule has 2 atom stereocenters. The molecule has 23 heavy (non-hydrogen) atoms. The van der Waals surface area contributed by atoms with Gasteiger partial charge < -0.3 is 9.84 Å². The highest BCUT2D eigenvalue weighted by molar-refractivity contribution is 5.66. The summed E-state index contributed by atoms with van der Waals surface area (Å²) in [6.07, 6.45) is 6.48. The lowest BCUT2D eigenvalue weighted by Crippen LogP contribution is -2.48. The lowest BCUT2D eigenvalue weighted by atomic mass is 9.82. The van der Waals surface area contributed by atoms with Crippen molar-refractivity contribution in [3.63, 3.8) is 0 Å². The zero-order valence-corrected chi connectivity index (χ0v) is 12.2. The van der Waals surface area contributed by atoms with Crippen LogP contribution in [0.1, 0.15) is 24.3 Å². The highest BCUT2D eigenvalue weighted by Gasteiger charge is 2.56. The predicted molar refractivity (Wildman–Crippen MR) is 82.2 cm³/mol. The molecule has 0 amide bonds. The normalized spacial score (nSPS) is 25.1. The number of carbonyl (C=O) groups is 1. The molecule has 1 aliphatic heterocycles. The zero-order chi connectivity index (χ0) is 16.4. The molecule has 0 bridgehead atoms. The summed E-state index contributed by atoms with van der Waals surface area (Å²) in [6.45, 7) is 0. The van der Waals surface area contributed by atoms with Gasteiger partial charge in [0, 0.05) is 5.57 Å². The summed E-state index contributed by atoms with van der Waals surface area (Å²) in [4.78, 5) is 22.3. The maximum Gasteiger partial charge on any atom is 0.373 e. The molecule has 3 rings (SSSR count). The molecule has 1 N–H and O–H groups in total. The van der Waals surface area contributed by atoms with Crippen LogP contribution < -0.4 is 0 Å². The molecule has 0 fully saturated rings. The first kappa shape index (κ1) is 15.0. The molecule has 0 spiro atoms. The maximum atomic E-state index is 11.9. The van der Waals surface area contributed by atoms with Gasteiger partial charge in [-0.25, -0.2) is 0 Å². The van der Waals surface area contributed by atoms with Gasteiger partial charge in [0.25, 0.3) is 0 Å². The Bertz CT molecular complexity index is 735. The van der Waals surface area contributed by atoms with E-state index in [2.05, 4.69) is 0 Å². The number of carboxylic acid groups (broad SMARTS) is 1. The van der Waals surface area contributed by atoms with Crippen LogP contribution >= 0.6 is 0 Å². The summed E-state index contributed by atoms with van der Waals surface area (Å²) in [5.74, 6) is -1.33. The first-order valence-corrected chi connectivity index (χ1v) is 7.24. The quantitative estimate of drug-likeness (QED) is 0.666. The zero-order valence-electron chi connectivity index (χ0n) is 12.2. The van der Waals surface area contributed by atoms with Crippen LogP contribution in [0.5, 0.6) is 0 Å². The minimum absolute atomic E-state index is 0.212. The van der Waals surface area contributed by atoms with Crippen molar-refractivity contribution >= 4 is 5.97 Å². The maximum absolute atomic E-state index is 11.9. The molecule has 2 unspecified atom stereocenters. The van der Waals surface area contributed by atoms with Gasteiger partial charge in [-0.3, -0.25) is 14.9 Å². The second-order valence-corrected chi connectivity index (χ2v) is 5.50. The molecular formula is C17H15NO5. The number of rotatable bonds is 5. The van der Waals surface area contributed by atoms with Gasteiger partial charge in [0.05, 0.1) is 17.8 Å². The second-order valence-electron chi connectivity index (χ2n) is 5.50. The average Bonchev–Trinajstić information content (AvgIpc) is 2.99. The van der Waals surface area contributed by atoms with Gasteiger partial charge in [-0.2, -0.15) is 0 Å². The Kier molecular flexibility index (Phi) is 3.73. The van der Waals surface area contributed by atoms with E-state index >= 15 is 0 Å². The van der Waals surface area contributed by atoms with E-state index in [1.54, 1.807) is 42.5 Å². The second kappa shape index (κ2) is 5.72. The first-order chi connectivity index (χ1) is 11.0. The molecular weight excluding hydrogens is 298 g/mol. The molecule has 0 saturated heterocycles. The van der Waals surface area contributed by atoms with Crippen molar-refractivity contribution in [3.8, 4) is 0 Å². The number of aliphatic carboxylic acids is 1. The molecule has 1 aromatic carbocycles. The van der Waals surface area contributed by atoms with Gasteiger partial charge in [0.15, 0.2) is 0 Å². The van der Waals surface area contributed by atoms with Crippen molar-refractivity contribution in [1.29, 1.82) is 0 Å². The van der Waals surface area contributed by atoms with Crippen LogP contribution in [0.15, 0.2) is 66.0 Å². The van der Waals surface area contributed by atoms with Gasteiger partial charge in [0.1, 0.15) is 11.7 Å². The van der Waals surface area contributed by atoms with E-state index < -0.39 is 22.5 Å². The highest BCUT2D eigenvalue weighted by atomic mass is 16.7. The Morgan fingerprint density at radius 1 is 1.35 bits per heavy atom.